The molecular formula is C21H23NO5S. The Balaban J connectivity index is 1.26. The van der Waals surface area contributed by atoms with Gasteiger partial charge in [0, 0.05) is 11.4 Å². The van der Waals surface area contributed by atoms with Gasteiger partial charge in [0.15, 0.2) is 18.1 Å². The Morgan fingerprint density at radius 3 is 2.75 bits per heavy atom. The predicted octanol–water partition coefficient (Wildman–Crippen LogP) is 3.61. The molecule has 7 heteroatoms. The van der Waals surface area contributed by atoms with Gasteiger partial charge in [0.1, 0.15) is 4.88 Å². The molecule has 148 valence electrons. The molecule has 0 fully saturated rings. The van der Waals surface area contributed by atoms with E-state index in [2.05, 4.69) is 5.32 Å². The van der Waals surface area contributed by atoms with Crippen LogP contribution in [0.3, 0.4) is 0 Å². The number of amides is 1. The van der Waals surface area contributed by atoms with Crippen molar-refractivity contribution in [1.29, 1.82) is 0 Å². The fraction of sp³-hybridized carbons (Fsp3) is 0.429. The summed E-state index contributed by atoms with van der Waals surface area (Å²) >= 11 is 1.51. The highest BCUT2D eigenvalue weighted by Crippen LogP contribution is 2.32. The van der Waals surface area contributed by atoms with Crippen molar-refractivity contribution in [2.45, 2.75) is 45.1 Å². The standard InChI is InChI=1S/C21H23NO5S/c23-20(22-11-14-7-8-16-17(9-14)27-13-26-16)12-25-21(24)19-10-15-5-3-1-2-4-6-18(15)28-19/h7-10H,1-6,11-13H2,(H,22,23). The van der Waals surface area contributed by atoms with Crippen LogP contribution in [0.5, 0.6) is 11.5 Å². The number of hydrogen-bond acceptors (Lipinski definition) is 6. The van der Waals surface area contributed by atoms with Crippen molar-refractivity contribution in [2.24, 2.45) is 0 Å². The fourth-order valence-corrected chi connectivity index (χ4v) is 4.60. The molecule has 2 aliphatic rings. The molecule has 2 aromatic rings. The zero-order valence-corrected chi connectivity index (χ0v) is 16.4. The van der Waals surface area contributed by atoms with Gasteiger partial charge in [-0.2, -0.15) is 0 Å². The number of thiophene rings is 1. The lowest BCUT2D eigenvalue weighted by atomic mass is 10.00. The minimum Gasteiger partial charge on any atom is -0.454 e. The molecule has 1 aliphatic heterocycles. The SMILES string of the molecule is O=C(COC(=O)c1cc2c(s1)CCCCCC2)NCc1ccc2c(c1)OCO2. The van der Waals surface area contributed by atoms with E-state index in [0.29, 0.717) is 22.9 Å². The topological polar surface area (TPSA) is 73.9 Å². The molecule has 0 unspecified atom stereocenters. The summed E-state index contributed by atoms with van der Waals surface area (Å²) in [4.78, 5) is 26.2. The Kier molecular flexibility index (Phi) is 5.81. The van der Waals surface area contributed by atoms with Gasteiger partial charge in [-0.3, -0.25) is 4.79 Å². The third kappa shape index (κ3) is 4.47. The van der Waals surface area contributed by atoms with Crippen LogP contribution in [0.4, 0.5) is 0 Å². The normalized spacial score (nSPS) is 15.3. The summed E-state index contributed by atoms with van der Waals surface area (Å²) in [6, 6.07) is 7.45. The average Bonchev–Trinajstić information content (AvgIpc) is 3.30. The molecule has 28 heavy (non-hydrogen) atoms. The van der Waals surface area contributed by atoms with Crippen LogP contribution in [0.25, 0.3) is 0 Å². The lowest BCUT2D eigenvalue weighted by Crippen LogP contribution is -2.28. The second-order valence-electron chi connectivity index (χ2n) is 7.01. The van der Waals surface area contributed by atoms with E-state index < -0.39 is 5.97 Å². The molecule has 4 rings (SSSR count). The summed E-state index contributed by atoms with van der Waals surface area (Å²) in [5.41, 5.74) is 2.16. The van der Waals surface area contributed by atoms with Crippen molar-refractivity contribution in [2.75, 3.05) is 13.4 Å². The first kappa shape index (κ1) is 18.8. The van der Waals surface area contributed by atoms with Crippen LogP contribution in [0.1, 0.15) is 51.4 Å². The minimum absolute atomic E-state index is 0.216. The Hall–Kier alpha value is -2.54. The highest BCUT2D eigenvalue weighted by Gasteiger charge is 2.18. The Morgan fingerprint density at radius 1 is 1.04 bits per heavy atom. The van der Waals surface area contributed by atoms with E-state index in [9.17, 15) is 9.59 Å². The molecule has 6 nitrogen and oxygen atoms in total. The number of aryl methyl sites for hydroxylation is 2. The first-order valence-electron chi connectivity index (χ1n) is 9.63. The Bertz CT molecular complexity index is 850. The van der Waals surface area contributed by atoms with Crippen LogP contribution in [0, 0.1) is 0 Å². The van der Waals surface area contributed by atoms with Crippen molar-refractivity contribution < 1.29 is 23.8 Å². The number of rotatable bonds is 5. The van der Waals surface area contributed by atoms with Crippen LogP contribution in [0.2, 0.25) is 0 Å². The van der Waals surface area contributed by atoms with Crippen LogP contribution >= 0.6 is 11.3 Å². The van der Waals surface area contributed by atoms with E-state index in [0.717, 1.165) is 18.4 Å². The second-order valence-corrected chi connectivity index (χ2v) is 8.15. The fourth-order valence-electron chi connectivity index (χ4n) is 3.45. The van der Waals surface area contributed by atoms with Gasteiger partial charge >= 0.3 is 5.97 Å². The summed E-state index contributed by atoms with van der Waals surface area (Å²) in [6.45, 7) is 0.263. The molecule has 1 N–H and O–H groups in total. The van der Waals surface area contributed by atoms with Crippen molar-refractivity contribution in [3.05, 3.63) is 45.1 Å². The maximum Gasteiger partial charge on any atom is 0.348 e. The van der Waals surface area contributed by atoms with Gasteiger partial charge in [-0.05, 0) is 55.0 Å². The van der Waals surface area contributed by atoms with Gasteiger partial charge in [-0.15, -0.1) is 11.3 Å². The first-order valence-corrected chi connectivity index (χ1v) is 10.4. The summed E-state index contributed by atoms with van der Waals surface area (Å²) in [6.07, 6.45) is 6.89. The number of ether oxygens (including phenoxy) is 3. The minimum atomic E-state index is -0.421. The zero-order chi connectivity index (χ0) is 19.3. The van der Waals surface area contributed by atoms with E-state index >= 15 is 0 Å². The van der Waals surface area contributed by atoms with Crippen molar-refractivity contribution in [1.82, 2.24) is 5.32 Å². The van der Waals surface area contributed by atoms with Gasteiger partial charge in [0.05, 0.1) is 0 Å². The molecule has 0 saturated heterocycles. The number of nitrogens with one attached hydrogen (secondary N) is 1. The monoisotopic (exact) mass is 401 g/mol. The van der Waals surface area contributed by atoms with Crippen LogP contribution in [-0.4, -0.2) is 25.3 Å². The second kappa shape index (κ2) is 8.65. The number of benzene rings is 1. The first-order chi connectivity index (χ1) is 13.7. The Morgan fingerprint density at radius 2 is 1.86 bits per heavy atom. The lowest BCUT2D eigenvalue weighted by Gasteiger charge is -2.07. The van der Waals surface area contributed by atoms with E-state index in [1.54, 1.807) is 0 Å². The third-order valence-corrected chi connectivity index (χ3v) is 6.18. The van der Waals surface area contributed by atoms with Gasteiger partial charge in [0.25, 0.3) is 5.91 Å². The van der Waals surface area contributed by atoms with Crippen molar-refractivity contribution in [3.63, 3.8) is 0 Å². The molecule has 0 radical (unpaired) electrons. The zero-order valence-electron chi connectivity index (χ0n) is 15.6. The van der Waals surface area contributed by atoms with E-state index in [1.807, 2.05) is 24.3 Å². The molecule has 1 aromatic heterocycles. The summed E-state index contributed by atoms with van der Waals surface area (Å²) < 4.78 is 15.8. The number of esters is 1. The largest absolute Gasteiger partial charge is 0.454 e. The van der Waals surface area contributed by atoms with Gasteiger partial charge < -0.3 is 19.5 Å². The highest BCUT2D eigenvalue weighted by atomic mass is 32.1. The van der Waals surface area contributed by atoms with E-state index in [1.165, 1.54) is 47.5 Å². The Labute approximate surface area is 167 Å². The van der Waals surface area contributed by atoms with Gasteiger partial charge in [-0.1, -0.05) is 18.9 Å². The molecule has 0 bridgehead atoms. The summed E-state index contributed by atoms with van der Waals surface area (Å²) in [7, 11) is 0. The number of fused-ring (bicyclic) bond motifs is 2. The molecule has 2 heterocycles. The molecular weight excluding hydrogens is 378 g/mol. The van der Waals surface area contributed by atoms with E-state index in [-0.39, 0.29) is 19.3 Å². The van der Waals surface area contributed by atoms with Crippen LogP contribution in [-0.2, 0) is 28.9 Å². The predicted molar refractivity (Wildman–Crippen MR) is 105 cm³/mol. The third-order valence-electron chi connectivity index (χ3n) is 4.96. The molecule has 0 spiro atoms. The molecule has 1 amide bonds. The molecule has 1 aliphatic carbocycles. The average molecular weight is 401 g/mol. The quantitative estimate of drug-likeness (QED) is 0.775. The van der Waals surface area contributed by atoms with E-state index in [4.69, 9.17) is 14.2 Å². The smallest absolute Gasteiger partial charge is 0.348 e. The number of carbonyl (C=O) groups is 2. The van der Waals surface area contributed by atoms with Gasteiger partial charge in [0.2, 0.25) is 6.79 Å². The molecule has 1 aromatic carbocycles. The van der Waals surface area contributed by atoms with Crippen LogP contribution < -0.4 is 14.8 Å². The van der Waals surface area contributed by atoms with Crippen molar-refractivity contribution in [3.8, 4) is 11.5 Å². The van der Waals surface area contributed by atoms with Crippen molar-refractivity contribution >= 4 is 23.2 Å². The molecule has 0 saturated carbocycles. The number of carbonyl (C=O) groups excluding carboxylic acids is 2. The summed E-state index contributed by atoms with van der Waals surface area (Å²) in [5.74, 6) is 0.622. The maximum atomic E-state index is 12.3. The van der Waals surface area contributed by atoms with Crippen LogP contribution in [0.15, 0.2) is 24.3 Å². The lowest BCUT2D eigenvalue weighted by molar-refractivity contribution is -0.124. The molecule has 0 atom stereocenters. The summed E-state index contributed by atoms with van der Waals surface area (Å²) in [5, 5.41) is 2.75. The number of hydrogen-bond donors (Lipinski definition) is 1. The highest BCUT2D eigenvalue weighted by molar-refractivity contribution is 7.14. The van der Waals surface area contributed by atoms with Gasteiger partial charge in [-0.25, -0.2) is 4.79 Å². The maximum absolute atomic E-state index is 12.3.